The highest BCUT2D eigenvalue weighted by molar-refractivity contribution is 6.34. The van der Waals surface area contributed by atoms with Gasteiger partial charge in [0.2, 0.25) is 0 Å². The molecule has 0 radical (unpaired) electrons. The molecule has 0 aliphatic carbocycles. The van der Waals surface area contributed by atoms with E-state index in [-0.39, 0.29) is 16.7 Å². The van der Waals surface area contributed by atoms with Gasteiger partial charge in [0.25, 0.3) is 5.91 Å². The smallest absolute Gasteiger partial charge is 0.260 e. The zero-order chi connectivity index (χ0) is 18.8. The van der Waals surface area contributed by atoms with Gasteiger partial charge in [-0.1, -0.05) is 29.8 Å². The highest BCUT2D eigenvalue weighted by Crippen LogP contribution is 2.31. The minimum atomic E-state index is -0.682. The third-order valence-corrected chi connectivity index (χ3v) is 4.35. The zero-order valence-corrected chi connectivity index (χ0v) is 14.8. The molecular weight excluding hydrogens is 373 g/mol. The summed E-state index contributed by atoms with van der Waals surface area (Å²) in [6.45, 7) is 0.827. The summed E-state index contributed by atoms with van der Waals surface area (Å²) >= 11 is 5.91. The molecule has 6 nitrogen and oxygen atoms in total. The molecule has 1 aliphatic rings. The van der Waals surface area contributed by atoms with Gasteiger partial charge in [-0.2, -0.15) is 5.10 Å². The molecule has 0 bridgehead atoms. The lowest BCUT2D eigenvalue weighted by Crippen LogP contribution is -2.33. The Hall–Kier alpha value is -3.06. The van der Waals surface area contributed by atoms with Gasteiger partial charge in [0, 0.05) is 6.20 Å². The second-order valence-corrected chi connectivity index (χ2v) is 6.41. The van der Waals surface area contributed by atoms with Gasteiger partial charge in [0.1, 0.15) is 12.4 Å². The molecule has 1 aliphatic heterocycles. The van der Waals surface area contributed by atoms with Crippen molar-refractivity contribution >= 4 is 23.2 Å². The lowest BCUT2D eigenvalue weighted by atomic mass is 10.2. The van der Waals surface area contributed by atoms with Crippen LogP contribution in [0, 0.1) is 5.82 Å². The second-order valence-electron chi connectivity index (χ2n) is 6.00. The zero-order valence-electron chi connectivity index (χ0n) is 14.1. The fourth-order valence-corrected chi connectivity index (χ4v) is 3.05. The third kappa shape index (κ3) is 3.73. The Morgan fingerprint density at radius 2 is 2.07 bits per heavy atom. The number of carbonyl (C=O) groups excluding carboxylic acids is 1. The number of nitrogens with zero attached hydrogens (tertiary/aromatic N) is 2. The molecule has 0 unspecified atom stereocenters. The summed E-state index contributed by atoms with van der Waals surface area (Å²) < 4.78 is 27.0. The van der Waals surface area contributed by atoms with E-state index in [9.17, 15) is 9.18 Å². The van der Waals surface area contributed by atoms with Gasteiger partial charge in [0.05, 0.1) is 29.0 Å². The number of amides is 1. The number of fused-ring (bicyclic) bond motifs is 1. The van der Waals surface area contributed by atoms with Crippen LogP contribution in [0.3, 0.4) is 0 Å². The highest BCUT2D eigenvalue weighted by Gasteiger charge is 2.22. The number of ether oxygens (including phenoxy) is 2. The van der Waals surface area contributed by atoms with E-state index < -0.39 is 11.7 Å². The summed E-state index contributed by atoms with van der Waals surface area (Å²) in [5, 5.41) is 6.84. The van der Waals surface area contributed by atoms with Crippen molar-refractivity contribution in [3.8, 4) is 11.5 Å². The third-order valence-electron chi connectivity index (χ3n) is 4.04. The van der Waals surface area contributed by atoms with Crippen molar-refractivity contribution in [1.29, 1.82) is 0 Å². The number of benzene rings is 2. The maximum Gasteiger partial charge on any atom is 0.260 e. The number of halogens is 2. The summed E-state index contributed by atoms with van der Waals surface area (Å²) in [4.78, 5) is 12.3. The van der Waals surface area contributed by atoms with Gasteiger partial charge >= 0.3 is 0 Å². The van der Waals surface area contributed by atoms with Crippen LogP contribution in [0.15, 0.2) is 54.9 Å². The van der Waals surface area contributed by atoms with E-state index in [1.165, 1.54) is 24.4 Å². The molecule has 0 saturated carbocycles. The van der Waals surface area contributed by atoms with Crippen LogP contribution >= 0.6 is 11.6 Å². The van der Waals surface area contributed by atoms with Crippen molar-refractivity contribution in [3.05, 3.63) is 71.3 Å². The number of hydrogen-bond acceptors (Lipinski definition) is 4. The van der Waals surface area contributed by atoms with E-state index in [4.69, 9.17) is 21.1 Å². The molecule has 3 aromatic rings. The SMILES string of the molecule is O=C(Nc1cnn(C[C@@H]2COc3ccccc3O2)c1)c1c(F)cccc1Cl. The van der Waals surface area contributed by atoms with Crippen LogP contribution in [0.1, 0.15) is 10.4 Å². The number of carbonyl (C=O) groups is 1. The van der Waals surface area contributed by atoms with Gasteiger partial charge in [-0.15, -0.1) is 0 Å². The quantitative estimate of drug-likeness (QED) is 0.740. The molecule has 8 heteroatoms. The van der Waals surface area contributed by atoms with Crippen molar-refractivity contribution in [1.82, 2.24) is 9.78 Å². The van der Waals surface area contributed by atoms with Crippen LogP contribution in [0.2, 0.25) is 5.02 Å². The van der Waals surface area contributed by atoms with E-state index in [1.54, 1.807) is 10.9 Å². The fraction of sp³-hybridized carbons (Fsp3) is 0.158. The topological polar surface area (TPSA) is 65.4 Å². The summed E-state index contributed by atoms with van der Waals surface area (Å²) in [5.41, 5.74) is 0.226. The fourth-order valence-electron chi connectivity index (χ4n) is 2.80. The minimum absolute atomic E-state index is 0.0475. The van der Waals surface area contributed by atoms with Crippen LogP contribution in [-0.2, 0) is 6.54 Å². The van der Waals surface area contributed by atoms with Crippen molar-refractivity contribution in [2.45, 2.75) is 12.6 Å². The molecule has 2 heterocycles. The van der Waals surface area contributed by atoms with Crippen molar-refractivity contribution < 1.29 is 18.7 Å². The monoisotopic (exact) mass is 387 g/mol. The first-order valence-electron chi connectivity index (χ1n) is 8.26. The van der Waals surface area contributed by atoms with Crippen LogP contribution in [-0.4, -0.2) is 28.4 Å². The van der Waals surface area contributed by atoms with Crippen LogP contribution < -0.4 is 14.8 Å². The highest BCUT2D eigenvalue weighted by atomic mass is 35.5. The van der Waals surface area contributed by atoms with Gasteiger partial charge < -0.3 is 14.8 Å². The predicted molar refractivity (Wildman–Crippen MR) is 97.9 cm³/mol. The molecule has 0 spiro atoms. The van der Waals surface area contributed by atoms with E-state index >= 15 is 0 Å². The number of rotatable bonds is 4. The van der Waals surface area contributed by atoms with Gasteiger partial charge in [-0.05, 0) is 24.3 Å². The number of nitrogens with one attached hydrogen (secondary N) is 1. The molecule has 27 heavy (non-hydrogen) atoms. The summed E-state index contributed by atoms with van der Waals surface area (Å²) in [5.74, 6) is 0.0789. The first kappa shape index (κ1) is 17.4. The largest absolute Gasteiger partial charge is 0.486 e. The maximum absolute atomic E-state index is 13.8. The average Bonchev–Trinajstić information content (AvgIpc) is 3.08. The number of aromatic nitrogens is 2. The molecule has 2 aromatic carbocycles. The van der Waals surface area contributed by atoms with Gasteiger partial charge in [-0.3, -0.25) is 9.48 Å². The van der Waals surface area contributed by atoms with Gasteiger partial charge in [-0.25, -0.2) is 4.39 Å². The Morgan fingerprint density at radius 3 is 2.89 bits per heavy atom. The summed E-state index contributed by atoms with van der Waals surface area (Å²) in [7, 11) is 0. The lowest BCUT2D eigenvalue weighted by Gasteiger charge is -2.26. The molecule has 1 aromatic heterocycles. The Kier molecular flexibility index (Phi) is 4.68. The first-order valence-corrected chi connectivity index (χ1v) is 8.64. The van der Waals surface area contributed by atoms with E-state index in [0.717, 1.165) is 0 Å². The van der Waals surface area contributed by atoms with E-state index in [0.29, 0.717) is 30.3 Å². The molecule has 1 amide bonds. The Labute approximate surface area is 159 Å². The predicted octanol–water partition coefficient (Wildman–Crippen LogP) is 3.77. The standard InChI is InChI=1S/C19H15ClFN3O3/c20-14-4-3-5-15(21)18(14)19(25)23-12-8-22-24(9-12)10-13-11-26-16-6-1-2-7-17(16)27-13/h1-9,13H,10-11H2,(H,23,25)/t13-/m1/s1. The molecule has 0 fully saturated rings. The Bertz CT molecular complexity index is 972. The molecule has 4 rings (SSSR count). The lowest BCUT2D eigenvalue weighted by molar-refractivity contribution is 0.0759. The number of hydrogen-bond donors (Lipinski definition) is 1. The maximum atomic E-state index is 13.8. The van der Waals surface area contributed by atoms with Crippen LogP contribution in [0.25, 0.3) is 0 Å². The molecule has 138 valence electrons. The van der Waals surface area contributed by atoms with Crippen molar-refractivity contribution in [2.75, 3.05) is 11.9 Å². The van der Waals surface area contributed by atoms with Crippen LogP contribution in [0.5, 0.6) is 11.5 Å². The second kappa shape index (κ2) is 7.28. The van der Waals surface area contributed by atoms with Crippen LogP contribution in [0.4, 0.5) is 10.1 Å². The summed E-state index contributed by atoms with van der Waals surface area (Å²) in [6, 6.07) is 11.5. The molecular formula is C19H15ClFN3O3. The van der Waals surface area contributed by atoms with E-state index in [1.807, 2.05) is 24.3 Å². The van der Waals surface area contributed by atoms with Gasteiger partial charge in [0.15, 0.2) is 17.6 Å². The molecule has 0 saturated heterocycles. The molecule has 1 atom stereocenters. The summed E-state index contributed by atoms with van der Waals surface area (Å²) in [6.07, 6.45) is 2.89. The normalized spacial score (nSPS) is 15.4. The number of para-hydroxylation sites is 2. The van der Waals surface area contributed by atoms with E-state index in [2.05, 4.69) is 10.4 Å². The first-order chi connectivity index (χ1) is 13.1. The average molecular weight is 388 g/mol. The Morgan fingerprint density at radius 1 is 1.26 bits per heavy atom. The minimum Gasteiger partial charge on any atom is -0.486 e. The van der Waals surface area contributed by atoms with Crippen molar-refractivity contribution in [2.24, 2.45) is 0 Å². The van der Waals surface area contributed by atoms with Crippen molar-refractivity contribution in [3.63, 3.8) is 0 Å². The Balaban J connectivity index is 1.41. The molecule has 1 N–H and O–H groups in total. The number of anilines is 1.